The molecular weight excluding hydrogens is 282 g/mol. The van der Waals surface area contributed by atoms with Crippen LogP contribution in [0.5, 0.6) is 0 Å². The summed E-state index contributed by atoms with van der Waals surface area (Å²) in [4.78, 5) is 22.8. The van der Waals surface area contributed by atoms with Crippen LogP contribution in [0.15, 0.2) is 30.3 Å². The molecule has 0 saturated heterocycles. The number of nitrogens with zero attached hydrogens (tertiary/aromatic N) is 1. The van der Waals surface area contributed by atoms with Crippen molar-refractivity contribution in [3.05, 3.63) is 41.5 Å². The minimum absolute atomic E-state index is 0.259. The van der Waals surface area contributed by atoms with Crippen LogP contribution >= 0.6 is 0 Å². The first-order valence-corrected chi connectivity index (χ1v) is 7.10. The van der Waals surface area contributed by atoms with Gasteiger partial charge in [-0.2, -0.15) is 5.26 Å². The Hall–Kier alpha value is -2.61. The Morgan fingerprint density at radius 1 is 1.18 bits per heavy atom. The van der Waals surface area contributed by atoms with Crippen molar-refractivity contribution in [2.75, 3.05) is 13.2 Å². The van der Waals surface area contributed by atoms with Crippen LogP contribution in [0.3, 0.4) is 0 Å². The Balaban J connectivity index is 2.66. The summed E-state index contributed by atoms with van der Waals surface area (Å²) in [5.74, 6) is -1.70. The van der Waals surface area contributed by atoms with E-state index < -0.39 is 17.9 Å². The Morgan fingerprint density at radius 2 is 1.82 bits per heavy atom. The smallest absolute Gasteiger partial charge is 0.330 e. The zero-order chi connectivity index (χ0) is 16.4. The van der Waals surface area contributed by atoms with Crippen LogP contribution in [-0.2, 0) is 25.5 Å². The Morgan fingerprint density at radius 3 is 2.36 bits per heavy atom. The van der Waals surface area contributed by atoms with Crippen LogP contribution in [0.25, 0.3) is 6.08 Å². The molecule has 0 N–H and O–H groups in total. The summed E-state index contributed by atoms with van der Waals surface area (Å²) in [6.07, 6.45) is 3.31. The minimum Gasteiger partial charge on any atom is -0.465 e. The van der Waals surface area contributed by atoms with Crippen molar-refractivity contribution in [3.8, 4) is 6.07 Å². The standard InChI is InChI=1S/C17H19NO4/c1-3-21-16(19)10-9-13-5-7-14(8-6-13)11-15(12-18)17(20)22-4-2/h5-10,15H,3-4,11H2,1-2H3/b10-9+. The summed E-state index contributed by atoms with van der Waals surface area (Å²) < 4.78 is 9.65. The van der Waals surface area contributed by atoms with Gasteiger partial charge < -0.3 is 9.47 Å². The van der Waals surface area contributed by atoms with Crippen LogP contribution in [0.1, 0.15) is 25.0 Å². The zero-order valence-electron chi connectivity index (χ0n) is 12.7. The van der Waals surface area contributed by atoms with Crippen molar-refractivity contribution in [1.29, 1.82) is 5.26 Å². The molecule has 0 bridgehead atoms. The molecule has 0 radical (unpaired) electrons. The second-order valence-electron chi connectivity index (χ2n) is 4.46. The monoisotopic (exact) mass is 301 g/mol. The Labute approximate surface area is 130 Å². The van der Waals surface area contributed by atoms with Crippen molar-refractivity contribution in [1.82, 2.24) is 0 Å². The minimum atomic E-state index is -0.805. The number of esters is 2. The highest BCUT2D eigenvalue weighted by Crippen LogP contribution is 2.12. The second-order valence-corrected chi connectivity index (χ2v) is 4.46. The average molecular weight is 301 g/mol. The van der Waals surface area contributed by atoms with E-state index in [2.05, 4.69) is 0 Å². The van der Waals surface area contributed by atoms with Gasteiger partial charge in [-0.15, -0.1) is 0 Å². The quantitative estimate of drug-likeness (QED) is 0.571. The molecule has 0 fully saturated rings. The van der Waals surface area contributed by atoms with E-state index in [9.17, 15) is 9.59 Å². The van der Waals surface area contributed by atoms with Crippen LogP contribution < -0.4 is 0 Å². The van der Waals surface area contributed by atoms with Gasteiger partial charge in [0.2, 0.25) is 0 Å². The highest BCUT2D eigenvalue weighted by Gasteiger charge is 2.19. The predicted molar refractivity (Wildman–Crippen MR) is 81.5 cm³/mol. The van der Waals surface area contributed by atoms with E-state index in [1.54, 1.807) is 19.9 Å². The van der Waals surface area contributed by atoms with E-state index in [4.69, 9.17) is 14.7 Å². The number of nitriles is 1. The molecular formula is C17H19NO4. The number of hydrogen-bond donors (Lipinski definition) is 0. The molecule has 0 aliphatic heterocycles. The first-order chi connectivity index (χ1) is 10.6. The van der Waals surface area contributed by atoms with Gasteiger partial charge in [0.05, 0.1) is 19.3 Å². The molecule has 0 spiro atoms. The van der Waals surface area contributed by atoms with E-state index in [0.29, 0.717) is 13.0 Å². The lowest BCUT2D eigenvalue weighted by molar-refractivity contribution is -0.146. The van der Waals surface area contributed by atoms with Gasteiger partial charge in [-0.05, 0) is 37.5 Å². The fourth-order valence-electron chi connectivity index (χ4n) is 1.78. The highest BCUT2D eigenvalue weighted by atomic mass is 16.5. The van der Waals surface area contributed by atoms with Gasteiger partial charge in [0.15, 0.2) is 0 Å². The summed E-state index contributed by atoms with van der Waals surface area (Å²) in [5.41, 5.74) is 1.69. The molecule has 0 heterocycles. The predicted octanol–water partition coefficient (Wildman–Crippen LogP) is 2.51. The summed E-state index contributed by atoms with van der Waals surface area (Å²) in [6.45, 7) is 4.05. The van der Waals surface area contributed by atoms with Crippen LogP contribution in [0.4, 0.5) is 0 Å². The van der Waals surface area contributed by atoms with Gasteiger partial charge in [-0.1, -0.05) is 24.3 Å². The maximum absolute atomic E-state index is 11.6. The van der Waals surface area contributed by atoms with E-state index in [1.807, 2.05) is 30.3 Å². The van der Waals surface area contributed by atoms with Gasteiger partial charge in [0, 0.05) is 6.08 Å². The average Bonchev–Trinajstić information content (AvgIpc) is 2.52. The molecule has 0 aliphatic carbocycles. The van der Waals surface area contributed by atoms with Crippen LogP contribution in [0, 0.1) is 17.2 Å². The molecule has 0 aromatic heterocycles. The lowest BCUT2D eigenvalue weighted by atomic mass is 9.99. The van der Waals surface area contributed by atoms with E-state index >= 15 is 0 Å². The van der Waals surface area contributed by atoms with E-state index in [0.717, 1.165) is 11.1 Å². The number of hydrogen-bond acceptors (Lipinski definition) is 5. The third-order valence-corrected chi connectivity index (χ3v) is 2.84. The molecule has 22 heavy (non-hydrogen) atoms. The molecule has 1 atom stereocenters. The summed E-state index contributed by atoms with van der Waals surface area (Å²) in [7, 11) is 0. The van der Waals surface area contributed by atoms with Crippen molar-refractivity contribution in [2.24, 2.45) is 5.92 Å². The van der Waals surface area contributed by atoms with Crippen molar-refractivity contribution in [3.63, 3.8) is 0 Å². The molecule has 0 saturated carbocycles. The summed E-state index contributed by atoms with van der Waals surface area (Å²) in [5, 5.41) is 9.02. The third kappa shape index (κ3) is 5.80. The molecule has 1 rings (SSSR count). The van der Waals surface area contributed by atoms with E-state index in [1.165, 1.54) is 6.08 Å². The number of carbonyl (C=O) groups excluding carboxylic acids is 2. The van der Waals surface area contributed by atoms with Gasteiger partial charge in [0.1, 0.15) is 5.92 Å². The Kier molecular flexibility index (Phi) is 7.41. The second kappa shape index (κ2) is 9.35. The SMILES string of the molecule is CCOC(=O)/C=C/c1ccc(CC(C#N)C(=O)OCC)cc1. The lowest BCUT2D eigenvalue weighted by Crippen LogP contribution is -2.18. The molecule has 5 nitrogen and oxygen atoms in total. The molecule has 1 aromatic carbocycles. The van der Waals surface area contributed by atoms with Gasteiger partial charge >= 0.3 is 11.9 Å². The maximum Gasteiger partial charge on any atom is 0.330 e. The topological polar surface area (TPSA) is 76.4 Å². The number of rotatable bonds is 7. The molecule has 1 unspecified atom stereocenters. The number of benzene rings is 1. The number of ether oxygens (including phenoxy) is 2. The molecule has 116 valence electrons. The summed E-state index contributed by atoms with van der Waals surface area (Å²) >= 11 is 0. The lowest BCUT2D eigenvalue weighted by Gasteiger charge is -2.08. The maximum atomic E-state index is 11.6. The van der Waals surface area contributed by atoms with Gasteiger partial charge in [0.25, 0.3) is 0 Å². The van der Waals surface area contributed by atoms with Crippen LogP contribution in [-0.4, -0.2) is 25.2 Å². The van der Waals surface area contributed by atoms with Crippen LogP contribution in [0.2, 0.25) is 0 Å². The van der Waals surface area contributed by atoms with Crippen molar-refractivity contribution in [2.45, 2.75) is 20.3 Å². The summed E-state index contributed by atoms with van der Waals surface area (Å²) in [6, 6.07) is 9.20. The third-order valence-electron chi connectivity index (χ3n) is 2.84. The number of carbonyl (C=O) groups is 2. The first-order valence-electron chi connectivity index (χ1n) is 7.10. The van der Waals surface area contributed by atoms with E-state index in [-0.39, 0.29) is 6.61 Å². The first kappa shape index (κ1) is 17.4. The fourth-order valence-corrected chi connectivity index (χ4v) is 1.78. The normalized spacial score (nSPS) is 11.7. The van der Waals surface area contributed by atoms with Crippen molar-refractivity contribution >= 4 is 18.0 Å². The largest absolute Gasteiger partial charge is 0.465 e. The zero-order valence-corrected chi connectivity index (χ0v) is 12.7. The molecule has 5 heteroatoms. The van der Waals surface area contributed by atoms with Gasteiger partial charge in [-0.25, -0.2) is 4.79 Å². The molecule has 1 aromatic rings. The van der Waals surface area contributed by atoms with Crippen molar-refractivity contribution < 1.29 is 19.1 Å². The van der Waals surface area contributed by atoms with Gasteiger partial charge in [-0.3, -0.25) is 4.79 Å². The Bertz CT molecular complexity index is 569. The molecule has 0 aliphatic rings. The fraction of sp³-hybridized carbons (Fsp3) is 0.353. The molecule has 0 amide bonds. The highest BCUT2D eigenvalue weighted by molar-refractivity contribution is 5.87.